The first kappa shape index (κ1) is 13.0. The Morgan fingerprint density at radius 3 is 2.69 bits per heavy atom. The van der Waals surface area contributed by atoms with Crippen molar-refractivity contribution in [3.63, 3.8) is 0 Å². The Bertz CT molecular complexity index is 377. The molecular weight excluding hydrogens is 270 g/mol. The van der Waals surface area contributed by atoms with Crippen LogP contribution in [0.5, 0.6) is 5.75 Å². The molecule has 0 radical (unpaired) electrons. The molecule has 0 saturated carbocycles. The lowest BCUT2D eigenvalue weighted by atomic mass is 10.1. The normalized spacial score (nSPS) is 10.5. The zero-order chi connectivity index (χ0) is 12.1. The standard InChI is InChI=1S/C12H16BrNO2/c1-8(2)5-6-16-11-4-3-9(12(14)15)7-10(11)13/h3-4,7-8H,5-6H2,1-2H3,(H2,14,15). The van der Waals surface area contributed by atoms with Crippen molar-refractivity contribution in [2.24, 2.45) is 11.7 Å². The van der Waals surface area contributed by atoms with Crippen molar-refractivity contribution in [2.75, 3.05) is 6.61 Å². The molecule has 1 amide bonds. The van der Waals surface area contributed by atoms with E-state index in [1.165, 1.54) is 0 Å². The summed E-state index contributed by atoms with van der Waals surface area (Å²) in [6.07, 6.45) is 1.00. The van der Waals surface area contributed by atoms with Gasteiger partial charge in [0.25, 0.3) is 0 Å². The second-order valence-corrected chi connectivity index (χ2v) is 4.89. The molecule has 0 heterocycles. The summed E-state index contributed by atoms with van der Waals surface area (Å²) >= 11 is 3.35. The van der Waals surface area contributed by atoms with Crippen LogP contribution in [0.15, 0.2) is 22.7 Å². The fourth-order valence-electron chi connectivity index (χ4n) is 1.18. The zero-order valence-electron chi connectivity index (χ0n) is 9.50. The van der Waals surface area contributed by atoms with Crippen LogP contribution in [0.25, 0.3) is 0 Å². The summed E-state index contributed by atoms with van der Waals surface area (Å²) in [5, 5.41) is 0. The van der Waals surface area contributed by atoms with E-state index < -0.39 is 5.91 Å². The van der Waals surface area contributed by atoms with Crippen molar-refractivity contribution < 1.29 is 9.53 Å². The van der Waals surface area contributed by atoms with Crippen molar-refractivity contribution in [3.8, 4) is 5.75 Å². The van der Waals surface area contributed by atoms with Gasteiger partial charge >= 0.3 is 0 Å². The summed E-state index contributed by atoms with van der Waals surface area (Å²) < 4.78 is 6.34. The summed E-state index contributed by atoms with van der Waals surface area (Å²) in [6.45, 7) is 4.97. The quantitative estimate of drug-likeness (QED) is 0.904. The van der Waals surface area contributed by atoms with Crippen molar-refractivity contribution in [2.45, 2.75) is 20.3 Å². The lowest BCUT2D eigenvalue weighted by molar-refractivity contribution is 0.1000. The number of carbonyl (C=O) groups is 1. The number of halogens is 1. The molecule has 1 aromatic carbocycles. The topological polar surface area (TPSA) is 52.3 Å². The molecule has 0 fully saturated rings. The summed E-state index contributed by atoms with van der Waals surface area (Å²) in [6, 6.07) is 5.09. The number of amides is 1. The van der Waals surface area contributed by atoms with Crippen LogP contribution in [-0.2, 0) is 0 Å². The highest BCUT2D eigenvalue weighted by Gasteiger charge is 2.06. The lowest BCUT2D eigenvalue weighted by Gasteiger charge is -2.10. The minimum absolute atomic E-state index is 0.436. The first-order chi connectivity index (χ1) is 7.50. The summed E-state index contributed by atoms with van der Waals surface area (Å²) in [7, 11) is 0. The first-order valence-corrected chi connectivity index (χ1v) is 6.02. The van der Waals surface area contributed by atoms with Crippen LogP contribution in [0.3, 0.4) is 0 Å². The SMILES string of the molecule is CC(C)CCOc1ccc(C(N)=O)cc1Br. The van der Waals surface area contributed by atoms with Gasteiger partial charge in [-0.1, -0.05) is 13.8 Å². The molecule has 3 nitrogen and oxygen atoms in total. The number of benzene rings is 1. The lowest BCUT2D eigenvalue weighted by Crippen LogP contribution is -2.11. The molecule has 0 aliphatic rings. The maximum atomic E-state index is 10.9. The van der Waals surface area contributed by atoms with E-state index in [9.17, 15) is 4.79 Å². The van der Waals surface area contributed by atoms with E-state index in [2.05, 4.69) is 29.8 Å². The Balaban J connectivity index is 2.64. The Morgan fingerprint density at radius 1 is 1.50 bits per heavy atom. The molecule has 1 rings (SSSR count). The van der Waals surface area contributed by atoms with Gasteiger partial charge in [0.15, 0.2) is 0 Å². The summed E-state index contributed by atoms with van der Waals surface area (Å²) in [4.78, 5) is 10.9. The van der Waals surface area contributed by atoms with Gasteiger partial charge in [-0.2, -0.15) is 0 Å². The highest BCUT2D eigenvalue weighted by molar-refractivity contribution is 9.10. The smallest absolute Gasteiger partial charge is 0.248 e. The van der Waals surface area contributed by atoms with Gasteiger partial charge in [0.2, 0.25) is 5.91 Å². The predicted molar refractivity (Wildman–Crippen MR) is 67.6 cm³/mol. The Kier molecular flexibility index (Phi) is 4.80. The number of primary amides is 1. The van der Waals surface area contributed by atoms with Crippen molar-refractivity contribution in [1.29, 1.82) is 0 Å². The van der Waals surface area contributed by atoms with Crippen LogP contribution >= 0.6 is 15.9 Å². The van der Waals surface area contributed by atoms with E-state index in [1.807, 2.05) is 0 Å². The molecule has 16 heavy (non-hydrogen) atoms. The molecular formula is C12H16BrNO2. The molecule has 0 aliphatic heterocycles. The molecule has 0 saturated heterocycles. The highest BCUT2D eigenvalue weighted by atomic mass is 79.9. The molecule has 0 spiro atoms. The van der Waals surface area contributed by atoms with Crippen LogP contribution in [-0.4, -0.2) is 12.5 Å². The third kappa shape index (κ3) is 3.85. The van der Waals surface area contributed by atoms with Crippen molar-refractivity contribution >= 4 is 21.8 Å². The van der Waals surface area contributed by atoms with E-state index in [1.54, 1.807) is 18.2 Å². The third-order valence-electron chi connectivity index (χ3n) is 2.17. The van der Waals surface area contributed by atoms with Crippen LogP contribution in [0, 0.1) is 5.92 Å². The number of rotatable bonds is 5. The van der Waals surface area contributed by atoms with E-state index in [0.29, 0.717) is 18.1 Å². The second kappa shape index (κ2) is 5.89. The van der Waals surface area contributed by atoms with Crippen LogP contribution in [0.2, 0.25) is 0 Å². The van der Waals surface area contributed by atoms with Gasteiger partial charge in [-0.25, -0.2) is 0 Å². The largest absolute Gasteiger partial charge is 0.492 e. The van der Waals surface area contributed by atoms with Crippen molar-refractivity contribution in [3.05, 3.63) is 28.2 Å². The van der Waals surface area contributed by atoms with Gasteiger partial charge in [-0.15, -0.1) is 0 Å². The fraction of sp³-hybridized carbons (Fsp3) is 0.417. The maximum absolute atomic E-state index is 10.9. The van der Waals surface area contributed by atoms with Gasteiger partial charge in [-0.3, -0.25) is 4.79 Å². The molecule has 0 aromatic heterocycles. The highest BCUT2D eigenvalue weighted by Crippen LogP contribution is 2.26. The Labute approximate surface area is 104 Å². The molecule has 4 heteroatoms. The van der Waals surface area contributed by atoms with Gasteiger partial charge in [-0.05, 0) is 46.5 Å². The summed E-state index contributed by atoms with van der Waals surface area (Å²) in [5.74, 6) is 0.920. The van der Waals surface area contributed by atoms with Crippen molar-refractivity contribution in [1.82, 2.24) is 0 Å². The molecule has 0 unspecified atom stereocenters. The number of carbonyl (C=O) groups excluding carboxylic acids is 1. The minimum Gasteiger partial charge on any atom is -0.492 e. The number of hydrogen-bond donors (Lipinski definition) is 1. The van der Waals surface area contributed by atoms with Crippen LogP contribution in [0.1, 0.15) is 30.6 Å². The van der Waals surface area contributed by atoms with Gasteiger partial charge in [0.1, 0.15) is 5.75 Å². The van der Waals surface area contributed by atoms with Gasteiger partial charge in [0, 0.05) is 5.56 Å². The summed E-state index contributed by atoms with van der Waals surface area (Å²) in [5.41, 5.74) is 5.65. The van der Waals surface area contributed by atoms with E-state index in [4.69, 9.17) is 10.5 Å². The first-order valence-electron chi connectivity index (χ1n) is 5.23. The molecule has 88 valence electrons. The zero-order valence-corrected chi connectivity index (χ0v) is 11.1. The van der Waals surface area contributed by atoms with E-state index in [-0.39, 0.29) is 0 Å². The average molecular weight is 286 g/mol. The third-order valence-corrected chi connectivity index (χ3v) is 2.79. The molecule has 0 bridgehead atoms. The molecule has 2 N–H and O–H groups in total. The Morgan fingerprint density at radius 2 is 2.19 bits per heavy atom. The van der Waals surface area contributed by atoms with Crippen LogP contribution in [0.4, 0.5) is 0 Å². The number of nitrogens with two attached hydrogens (primary N) is 1. The fourth-order valence-corrected chi connectivity index (χ4v) is 1.67. The van der Waals surface area contributed by atoms with Gasteiger partial charge in [0.05, 0.1) is 11.1 Å². The Hall–Kier alpha value is -1.03. The van der Waals surface area contributed by atoms with E-state index >= 15 is 0 Å². The average Bonchev–Trinajstić information content (AvgIpc) is 2.19. The van der Waals surface area contributed by atoms with E-state index in [0.717, 1.165) is 16.6 Å². The number of hydrogen-bond acceptors (Lipinski definition) is 2. The predicted octanol–water partition coefficient (Wildman–Crippen LogP) is 2.97. The minimum atomic E-state index is -0.436. The maximum Gasteiger partial charge on any atom is 0.248 e. The van der Waals surface area contributed by atoms with Gasteiger partial charge < -0.3 is 10.5 Å². The second-order valence-electron chi connectivity index (χ2n) is 4.04. The molecule has 0 aliphatic carbocycles. The number of ether oxygens (including phenoxy) is 1. The monoisotopic (exact) mass is 285 g/mol. The van der Waals surface area contributed by atoms with Crippen LogP contribution < -0.4 is 10.5 Å². The molecule has 0 atom stereocenters. The molecule has 1 aromatic rings.